The molecular formula is C14H21NO2S. The summed E-state index contributed by atoms with van der Waals surface area (Å²) >= 11 is 1.73. The molecule has 1 aromatic rings. The van der Waals surface area contributed by atoms with Gasteiger partial charge in [-0.15, -0.1) is 11.8 Å². The molecular weight excluding hydrogens is 246 g/mol. The molecule has 0 aromatic heterocycles. The molecule has 0 radical (unpaired) electrons. The molecule has 0 aliphatic heterocycles. The molecule has 0 heterocycles. The van der Waals surface area contributed by atoms with E-state index in [4.69, 9.17) is 10.5 Å². The molecule has 1 unspecified atom stereocenters. The summed E-state index contributed by atoms with van der Waals surface area (Å²) in [6, 6.07) is 5.86. The normalized spacial score (nSPS) is 12.2. The number of esters is 1. The molecule has 1 atom stereocenters. The second kappa shape index (κ2) is 7.44. The summed E-state index contributed by atoms with van der Waals surface area (Å²) in [5.41, 5.74) is 8.27. The largest absolute Gasteiger partial charge is 0.465 e. The van der Waals surface area contributed by atoms with Crippen LogP contribution in [0, 0.1) is 13.8 Å². The van der Waals surface area contributed by atoms with Crippen molar-refractivity contribution in [3.8, 4) is 0 Å². The SMILES string of the molecule is CCOC(=O)C(N)CCSc1ccc(C)cc1C. The van der Waals surface area contributed by atoms with Crippen LogP contribution in [-0.4, -0.2) is 24.4 Å². The molecule has 1 aromatic carbocycles. The number of carbonyl (C=O) groups excluding carboxylic acids is 1. The van der Waals surface area contributed by atoms with Crippen LogP contribution < -0.4 is 5.73 Å². The van der Waals surface area contributed by atoms with Crippen LogP contribution in [0.15, 0.2) is 23.1 Å². The maximum Gasteiger partial charge on any atom is 0.322 e. The molecule has 2 N–H and O–H groups in total. The van der Waals surface area contributed by atoms with Crippen LogP contribution in [-0.2, 0) is 9.53 Å². The zero-order chi connectivity index (χ0) is 13.5. The first-order valence-corrected chi connectivity index (χ1v) is 7.15. The van der Waals surface area contributed by atoms with Crippen molar-refractivity contribution in [2.75, 3.05) is 12.4 Å². The van der Waals surface area contributed by atoms with Gasteiger partial charge in [-0.05, 0) is 38.8 Å². The first-order chi connectivity index (χ1) is 8.54. The van der Waals surface area contributed by atoms with Crippen LogP contribution in [0.4, 0.5) is 0 Å². The molecule has 0 aliphatic carbocycles. The molecule has 4 heteroatoms. The lowest BCUT2D eigenvalue weighted by Crippen LogP contribution is -2.32. The van der Waals surface area contributed by atoms with Gasteiger partial charge in [0, 0.05) is 10.6 Å². The molecule has 0 saturated heterocycles. The summed E-state index contributed by atoms with van der Waals surface area (Å²) in [5.74, 6) is 0.517. The lowest BCUT2D eigenvalue weighted by molar-refractivity contribution is -0.144. The number of carbonyl (C=O) groups is 1. The zero-order valence-electron chi connectivity index (χ0n) is 11.2. The van der Waals surface area contributed by atoms with Crippen LogP contribution in [0.2, 0.25) is 0 Å². The highest BCUT2D eigenvalue weighted by atomic mass is 32.2. The minimum Gasteiger partial charge on any atom is -0.465 e. The Hall–Kier alpha value is -1.00. The lowest BCUT2D eigenvalue weighted by atomic mass is 10.2. The second-order valence-corrected chi connectivity index (χ2v) is 5.40. The maximum atomic E-state index is 11.3. The highest BCUT2D eigenvalue weighted by Crippen LogP contribution is 2.24. The summed E-state index contributed by atoms with van der Waals surface area (Å²) in [6.07, 6.45) is 0.636. The minimum atomic E-state index is -0.511. The second-order valence-electron chi connectivity index (χ2n) is 4.26. The van der Waals surface area contributed by atoms with E-state index < -0.39 is 6.04 Å². The predicted molar refractivity (Wildman–Crippen MR) is 75.9 cm³/mol. The molecule has 0 bridgehead atoms. The fourth-order valence-electron chi connectivity index (χ4n) is 1.62. The molecule has 100 valence electrons. The van der Waals surface area contributed by atoms with Crippen molar-refractivity contribution in [2.24, 2.45) is 5.73 Å². The van der Waals surface area contributed by atoms with Crippen molar-refractivity contribution >= 4 is 17.7 Å². The van der Waals surface area contributed by atoms with Crippen LogP contribution in [0.1, 0.15) is 24.5 Å². The highest BCUT2D eigenvalue weighted by Gasteiger charge is 2.14. The monoisotopic (exact) mass is 267 g/mol. The molecule has 0 amide bonds. The van der Waals surface area contributed by atoms with Crippen molar-refractivity contribution in [3.63, 3.8) is 0 Å². The van der Waals surface area contributed by atoms with E-state index in [-0.39, 0.29) is 5.97 Å². The fraction of sp³-hybridized carbons (Fsp3) is 0.500. The number of thioether (sulfide) groups is 1. The van der Waals surface area contributed by atoms with Gasteiger partial charge in [-0.1, -0.05) is 17.7 Å². The van der Waals surface area contributed by atoms with Gasteiger partial charge >= 0.3 is 5.97 Å². The van der Waals surface area contributed by atoms with Gasteiger partial charge in [0.2, 0.25) is 0 Å². The molecule has 0 fully saturated rings. The predicted octanol–water partition coefficient (Wildman–Crippen LogP) is 2.68. The summed E-state index contributed by atoms with van der Waals surface area (Å²) in [5, 5.41) is 0. The van der Waals surface area contributed by atoms with Gasteiger partial charge in [-0.2, -0.15) is 0 Å². The molecule has 3 nitrogen and oxygen atoms in total. The summed E-state index contributed by atoms with van der Waals surface area (Å²) in [4.78, 5) is 12.6. The molecule has 1 rings (SSSR count). The smallest absolute Gasteiger partial charge is 0.322 e. The third kappa shape index (κ3) is 4.70. The van der Waals surface area contributed by atoms with Gasteiger partial charge in [0.25, 0.3) is 0 Å². The number of aryl methyl sites for hydroxylation is 2. The third-order valence-corrected chi connectivity index (χ3v) is 3.82. The van der Waals surface area contributed by atoms with Gasteiger partial charge in [-0.25, -0.2) is 0 Å². The topological polar surface area (TPSA) is 52.3 Å². The number of hydrogen-bond acceptors (Lipinski definition) is 4. The van der Waals surface area contributed by atoms with Crippen LogP contribution in [0.25, 0.3) is 0 Å². The van der Waals surface area contributed by atoms with E-state index in [0.29, 0.717) is 13.0 Å². The van der Waals surface area contributed by atoms with Gasteiger partial charge < -0.3 is 10.5 Å². The van der Waals surface area contributed by atoms with Gasteiger partial charge in [-0.3, -0.25) is 4.79 Å². The van der Waals surface area contributed by atoms with Crippen LogP contribution in [0.3, 0.4) is 0 Å². The molecule has 0 aliphatic rings. The Balaban J connectivity index is 2.39. The lowest BCUT2D eigenvalue weighted by Gasteiger charge is -2.11. The average Bonchev–Trinajstić information content (AvgIpc) is 2.32. The van der Waals surface area contributed by atoms with E-state index in [0.717, 1.165) is 5.75 Å². The van der Waals surface area contributed by atoms with Gasteiger partial charge in [0.1, 0.15) is 6.04 Å². The Labute approximate surface area is 113 Å². The van der Waals surface area contributed by atoms with E-state index in [1.807, 2.05) is 0 Å². The number of ether oxygens (including phenoxy) is 1. The Kier molecular flexibility index (Phi) is 6.22. The zero-order valence-corrected chi connectivity index (χ0v) is 12.0. The molecule has 0 saturated carbocycles. The van der Waals surface area contributed by atoms with Gasteiger partial charge in [0.05, 0.1) is 6.61 Å². The summed E-state index contributed by atoms with van der Waals surface area (Å²) in [6.45, 7) is 6.35. The van der Waals surface area contributed by atoms with Crippen molar-refractivity contribution in [1.29, 1.82) is 0 Å². The first kappa shape index (κ1) is 15.1. The van der Waals surface area contributed by atoms with E-state index >= 15 is 0 Å². The number of rotatable bonds is 6. The van der Waals surface area contributed by atoms with Crippen molar-refractivity contribution in [1.82, 2.24) is 0 Å². The van der Waals surface area contributed by atoms with Crippen LogP contribution >= 0.6 is 11.8 Å². The highest BCUT2D eigenvalue weighted by molar-refractivity contribution is 7.99. The number of nitrogens with two attached hydrogens (primary N) is 1. The Morgan fingerprint density at radius 2 is 2.17 bits per heavy atom. The Bertz CT molecular complexity index is 407. The summed E-state index contributed by atoms with van der Waals surface area (Å²) < 4.78 is 4.87. The summed E-state index contributed by atoms with van der Waals surface area (Å²) in [7, 11) is 0. The molecule has 0 spiro atoms. The van der Waals surface area contributed by atoms with Crippen molar-refractivity contribution < 1.29 is 9.53 Å². The number of benzene rings is 1. The average molecular weight is 267 g/mol. The van der Waals surface area contributed by atoms with E-state index in [1.54, 1.807) is 18.7 Å². The molecule has 18 heavy (non-hydrogen) atoms. The standard InChI is InChI=1S/C14H21NO2S/c1-4-17-14(16)12(15)7-8-18-13-6-5-10(2)9-11(13)3/h5-6,9,12H,4,7-8,15H2,1-3H3. The van der Waals surface area contributed by atoms with Gasteiger partial charge in [0.15, 0.2) is 0 Å². The maximum absolute atomic E-state index is 11.3. The third-order valence-electron chi connectivity index (χ3n) is 2.61. The van der Waals surface area contributed by atoms with E-state index in [2.05, 4.69) is 32.0 Å². The van der Waals surface area contributed by atoms with Crippen molar-refractivity contribution in [3.05, 3.63) is 29.3 Å². The Morgan fingerprint density at radius 3 is 2.78 bits per heavy atom. The first-order valence-electron chi connectivity index (χ1n) is 6.17. The number of hydrogen-bond donors (Lipinski definition) is 1. The minimum absolute atomic E-state index is 0.307. The van der Waals surface area contributed by atoms with E-state index in [9.17, 15) is 4.79 Å². The van der Waals surface area contributed by atoms with Crippen molar-refractivity contribution in [2.45, 2.75) is 38.1 Å². The van der Waals surface area contributed by atoms with Crippen LogP contribution in [0.5, 0.6) is 0 Å². The quantitative estimate of drug-likeness (QED) is 0.636. The fourth-order valence-corrected chi connectivity index (χ4v) is 2.67. The Morgan fingerprint density at radius 1 is 1.44 bits per heavy atom. The van der Waals surface area contributed by atoms with E-state index in [1.165, 1.54) is 16.0 Å².